The molecule has 0 radical (unpaired) electrons. The van der Waals surface area contributed by atoms with Gasteiger partial charge in [-0.2, -0.15) is 0 Å². The number of hydrogen-bond donors (Lipinski definition) is 2. The Morgan fingerprint density at radius 3 is 1.78 bits per heavy atom. The molecule has 1 saturated heterocycles. The van der Waals surface area contributed by atoms with Gasteiger partial charge in [-0.3, -0.25) is 19.2 Å². The summed E-state index contributed by atoms with van der Waals surface area (Å²) in [7, 11) is 0. The summed E-state index contributed by atoms with van der Waals surface area (Å²) in [6, 6.07) is -1.04. The Hall–Kier alpha value is -2.36. The standard InChI is InChI=1S/C22H37NO13/c1-14(25)23-19-21(35-17(4)28)20(34-16(3)27)18(13-33-15(2)26)36-22(19)32-12-11-31-10-9-30-8-7-29-6-5-24/h18-22,24H,5-13H2,1-4H3,(H,23,25)/t18-,19-,20+,21-,22-/m1/s1. The number of aliphatic hydroxyl groups excluding tert-OH is 1. The summed E-state index contributed by atoms with van der Waals surface area (Å²) >= 11 is 0. The van der Waals surface area contributed by atoms with E-state index in [0.29, 0.717) is 19.8 Å². The quantitative estimate of drug-likeness (QED) is 0.131. The lowest BCUT2D eigenvalue weighted by Gasteiger charge is -2.44. The van der Waals surface area contributed by atoms with Crippen molar-refractivity contribution in [2.75, 3.05) is 59.5 Å². The molecule has 0 saturated carbocycles. The van der Waals surface area contributed by atoms with Crippen LogP contribution in [-0.4, -0.2) is 119 Å². The molecule has 0 bridgehead atoms. The third-order valence-corrected chi connectivity index (χ3v) is 4.56. The molecule has 36 heavy (non-hydrogen) atoms. The number of carbonyl (C=O) groups excluding carboxylic acids is 4. The SMILES string of the molecule is CC(=O)N[C@H]1[C@H](OCCOCCOCCOCCO)O[C@H](COC(C)=O)[C@H](OC(C)=O)[C@@H]1OC(C)=O. The van der Waals surface area contributed by atoms with Crippen LogP contribution in [0.15, 0.2) is 0 Å². The summed E-state index contributed by atoms with van der Waals surface area (Å²) in [6.07, 6.45) is -4.55. The zero-order valence-electron chi connectivity index (χ0n) is 21.1. The molecule has 0 aliphatic carbocycles. The van der Waals surface area contributed by atoms with Gasteiger partial charge in [0.15, 0.2) is 18.5 Å². The van der Waals surface area contributed by atoms with Crippen molar-refractivity contribution in [2.45, 2.75) is 58.3 Å². The van der Waals surface area contributed by atoms with Crippen LogP contribution in [0, 0.1) is 0 Å². The van der Waals surface area contributed by atoms with E-state index in [0.717, 1.165) is 13.8 Å². The van der Waals surface area contributed by atoms with E-state index in [1.54, 1.807) is 0 Å². The predicted octanol–water partition coefficient (Wildman–Crippen LogP) is -1.30. The maximum absolute atomic E-state index is 11.9. The van der Waals surface area contributed by atoms with Crippen LogP contribution >= 0.6 is 0 Å². The Morgan fingerprint density at radius 2 is 1.28 bits per heavy atom. The highest BCUT2D eigenvalue weighted by Crippen LogP contribution is 2.28. The Morgan fingerprint density at radius 1 is 0.750 bits per heavy atom. The Balaban J connectivity index is 2.77. The minimum absolute atomic E-state index is 0.0334. The topological polar surface area (TPSA) is 174 Å². The first kappa shape index (κ1) is 31.7. The molecule has 1 rings (SSSR count). The van der Waals surface area contributed by atoms with Crippen LogP contribution in [0.3, 0.4) is 0 Å². The lowest BCUT2D eigenvalue weighted by Crippen LogP contribution is -2.66. The Labute approximate surface area is 209 Å². The zero-order chi connectivity index (χ0) is 26.9. The minimum atomic E-state index is -1.18. The number of rotatable bonds is 17. The highest BCUT2D eigenvalue weighted by molar-refractivity contribution is 5.73. The van der Waals surface area contributed by atoms with E-state index < -0.39 is 54.5 Å². The van der Waals surface area contributed by atoms with Crippen LogP contribution in [-0.2, 0) is 57.1 Å². The third-order valence-electron chi connectivity index (χ3n) is 4.56. The van der Waals surface area contributed by atoms with E-state index >= 15 is 0 Å². The largest absolute Gasteiger partial charge is 0.463 e. The van der Waals surface area contributed by atoms with Crippen LogP contribution < -0.4 is 5.32 Å². The van der Waals surface area contributed by atoms with E-state index in [4.69, 9.17) is 43.0 Å². The number of carbonyl (C=O) groups is 4. The molecule has 2 N–H and O–H groups in total. The molecule has 1 aliphatic heterocycles. The number of hydrogen-bond acceptors (Lipinski definition) is 13. The molecule has 1 heterocycles. The highest BCUT2D eigenvalue weighted by Gasteiger charge is 2.51. The molecule has 1 fully saturated rings. The maximum atomic E-state index is 11.9. The van der Waals surface area contributed by atoms with Crippen molar-refractivity contribution >= 4 is 23.8 Å². The molecular weight excluding hydrogens is 486 g/mol. The van der Waals surface area contributed by atoms with Crippen LogP contribution in [0.5, 0.6) is 0 Å². The molecule has 14 heteroatoms. The highest BCUT2D eigenvalue weighted by atomic mass is 16.7. The second kappa shape index (κ2) is 18.0. The number of amides is 1. The maximum Gasteiger partial charge on any atom is 0.303 e. The van der Waals surface area contributed by atoms with Gasteiger partial charge in [0.1, 0.15) is 18.8 Å². The molecule has 1 amide bonds. The second-order valence-corrected chi connectivity index (χ2v) is 7.65. The number of aliphatic hydroxyl groups is 1. The lowest BCUT2D eigenvalue weighted by molar-refractivity contribution is -0.279. The van der Waals surface area contributed by atoms with Crippen molar-refractivity contribution in [1.29, 1.82) is 0 Å². The molecule has 0 unspecified atom stereocenters. The van der Waals surface area contributed by atoms with Gasteiger partial charge < -0.3 is 48.3 Å². The fraction of sp³-hybridized carbons (Fsp3) is 0.818. The first-order valence-corrected chi connectivity index (χ1v) is 11.5. The van der Waals surface area contributed by atoms with Crippen LogP contribution in [0.1, 0.15) is 27.7 Å². The Kier molecular flexibility index (Phi) is 15.8. The van der Waals surface area contributed by atoms with Gasteiger partial charge in [0, 0.05) is 27.7 Å². The summed E-state index contributed by atoms with van der Waals surface area (Å²) in [5.74, 6) is -2.44. The molecule has 1 aliphatic rings. The van der Waals surface area contributed by atoms with Gasteiger partial charge in [-0.1, -0.05) is 0 Å². The first-order chi connectivity index (χ1) is 17.1. The molecule has 0 aromatic heterocycles. The van der Waals surface area contributed by atoms with Crippen molar-refractivity contribution in [3.63, 3.8) is 0 Å². The summed E-state index contributed by atoms with van der Waals surface area (Å²) in [4.78, 5) is 46.8. The Bertz CT molecular complexity index is 689. The van der Waals surface area contributed by atoms with Crippen molar-refractivity contribution in [2.24, 2.45) is 0 Å². The van der Waals surface area contributed by atoms with Crippen LogP contribution in [0.25, 0.3) is 0 Å². The fourth-order valence-corrected chi connectivity index (χ4v) is 3.26. The predicted molar refractivity (Wildman–Crippen MR) is 120 cm³/mol. The van der Waals surface area contributed by atoms with Gasteiger partial charge in [-0.15, -0.1) is 0 Å². The lowest BCUT2D eigenvalue weighted by atomic mass is 9.96. The average Bonchev–Trinajstić information content (AvgIpc) is 2.78. The van der Waals surface area contributed by atoms with Gasteiger partial charge in [0.2, 0.25) is 5.91 Å². The van der Waals surface area contributed by atoms with Crippen molar-refractivity contribution in [3.8, 4) is 0 Å². The van der Waals surface area contributed by atoms with Gasteiger partial charge in [0.25, 0.3) is 0 Å². The van der Waals surface area contributed by atoms with Crippen molar-refractivity contribution < 1.29 is 62.2 Å². The molecule has 208 valence electrons. The second-order valence-electron chi connectivity index (χ2n) is 7.65. The minimum Gasteiger partial charge on any atom is -0.463 e. The van der Waals surface area contributed by atoms with Crippen molar-refractivity contribution in [1.82, 2.24) is 5.32 Å². The molecule has 0 aromatic rings. The summed E-state index contributed by atoms with van der Waals surface area (Å²) in [6.45, 7) is 6.17. The number of ether oxygens (including phenoxy) is 8. The zero-order valence-corrected chi connectivity index (χ0v) is 21.1. The monoisotopic (exact) mass is 523 g/mol. The molecule has 5 atom stereocenters. The molecule has 0 aromatic carbocycles. The first-order valence-electron chi connectivity index (χ1n) is 11.5. The molecule has 0 spiro atoms. The van der Waals surface area contributed by atoms with Gasteiger partial charge in [-0.25, -0.2) is 0 Å². The van der Waals surface area contributed by atoms with Gasteiger partial charge in [0.05, 0.1) is 52.9 Å². The van der Waals surface area contributed by atoms with E-state index in [9.17, 15) is 19.2 Å². The summed E-state index contributed by atoms with van der Waals surface area (Å²) in [5, 5.41) is 11.2. The smallest absolute Gasteiger partial charge is 0.303 e. The van der Waals surface area contributed by atoms with E-state index in [2.05, 4.69) is 5.32 Å². The van der Waals surface area contributed by atoms with Crippen LogP contribution in [0.4, 0.5) is 0 Å². The van der Waals surface area contributed by atoms with Crippen molar-refractivity contribution in [3.05, 3.63) is 0 Å². The summed E-state index contributed by atoms with van der Waals surface area (Å²) < 4.78 is 43.2. The number of nitrogens with one attached hydrogen (secondary N) is 1. The molecule has 14 nitrogen and oxygen atoms in total. The van der Waals surface area contributed by atoms with E-state index in [1.165, 1.54) is 13.8 Å². The van der Waals surface area contributed by atoms with E-state index in [-0.39, 0.29) is 39.6 Å². The average molecular weight is 524 g/mol. The van der Waals surface area contributed by atoms with E-state index in [1.807, 2.05) is 0 Å². The third kappa shape index (κ3) is 13.1. The number of esters is 3. The fourth-order valence-electron chi connectivity index (χ4n) is 3.26. The normalized spacial score (nSPS) is 23.5. The summed E-state index contributed by atoms with van der Waals surface area (Å²) in [5.41, 5.74) is 0. The molecular formula is C22H37NO13. The van der Waals surface area contributed by atoms with Crippen LogP contribution in [0.2, 0.25) is 0 Å². The van der Waals surface area contributed by atoms with Gasteiger partial charge in [-0.05, 0) is 0 Å². The van der Waals surface area contributed by atoms with Gasteiger partial charge >= 0.3 is 17.9 Å².